The Kier molecular flexibility index (Phi) is 5.50. The van der Waals surface area contributed by atoms with Crippen LogP contribution in [0.4, 0.5) is 0 Å². The van der Waals surface area contributed by atoms with Crippen LogP contribution < -0.4 is 5.32 Å². The average molecular weight is 328 g/mol. The van der Waals surface area contributed by atoms with Crippen LogP contribution in [0.1, 0.15) is 41.6 Å². The molecule has 2 rings (SSSR count). The van der Waals surface area contributed by atoms with Gasteiger partial charge in [-0.25, -0.2) is 0 Å². The molecule has 2 aromatic rings. The van der Waals surface area contributed by atoms with Crippen molar-refractivity contribution in [3.05, 3.63) is 55.2 Å². The number of hydrogen-bond donors (Lipinski definition) is 1. The Balaban J connectivity index is 2.46. The molecule has 0 fully saturated rings. The molecule has 20 heavy (non-hydrogen) atoms. The van der Waals surface area contributed by atoms with Crippen LogP contribution >= 0.6 is 34.5 Å². The maximum absolute atomic E-state index is 6.35. The number of rotatable bonds is 5. The Labute approximate surface area is 134 Å². The maximum atomic E-state index is 6.35. The lowest BCUT2D eigenvalue weighted by atomic mass is 9.95. The van der Waals surface area contributed by atoms with E-state index in [1.54, 1.807) is 0 Å². The van der Waals surface area contributed by atoms with Gasteiger partial charge < -0.3 is 5.32 Å². The summed E-state index contributed by atoms with van der Waals surface area (Å²) >= 11 is 13.9. The second kappa shape index (κ2) is 6.95. The summed E-state index contributed by atoms with van der Waals surface area (Å²) in [6, 6.07) is 8.60. The molecule has 0 saturated carbocycles. The van der Waals surface area contributed by atoms with Gasteiger partial charge >= 0.3 is 0 Å². The third-order valence-electron chi connectivity index (χ3n) is 3.34. The normalized spacial score (nSPS) is 12.7. The smallest absolute Gasteiger partial charge is 0.0995 e. The second-order valence-electron chi connectivity index (χ2n) is 5.03. The van der Waals surface area contributed by atoms with Gasteiger partial charge in [0.2, 0.25) is 0 Å². The fourth-order valence-corrected chi connectivity index (χ4v) is 3.83. The first-order valence-corrected chi connectivity index (χ1v) is 8.35. The molecule has 0 radical (unpaired) electrons. The molecular formula is C16H19Cl2NS. The minimum atomic E-state index is 0.103. The largest absolute Gasteiger partial charge is 0.306 e. The number of hydrogen-bond acceptors (Lipinski definition) is 2. The Morgan fingerprint density at radius 1 is 1.15 bits per heavy atom. The van der Waals surface area contributed by atoms with Crippen LogP contribution in [0.25, 0.3) is 0 Å². The van der Waals surface area contributed by atoms with Gasteiger partial charge in [0.15, 0.2) is 0 Å². The van der Waals surface area contributed by atoms with Crippen LogP contribution in [0.3, 0.4) is 0 Å². The summed E-state index contributed by atoms with van der Waals surface area (Å²) in [6.07, 6.45) is 1.08. The minimum Gasteiger partial charge on any atom is -0.306 e. The van der Waals surface area contributed by atoms with Gasteiger partial charge in [0.1, 0.15) is 0 Å². The van der Waals surface area contributed by atoms with E-state index in [9.17, 15) is 0 Å². The van der Waals surface area contributed by atoms with E-state index in [4.69, 9.17) is 23.2 Å². The highest BCUT2D eigenvalue weighted by Crippen LogP contribution is 2.38. The standard InChI is InChI=1S/C16H19Cl2NS/c1-4-7-19-15(13-9-14(17)20-16(13)18)12-8-10(2)5-6-11(12)3/h5-6,8-9,15,19H,4,7H2,1-3H3. The first kappa shape index (κ1) is 15.8. The minimum absolute atomic E-state index is 0.103. The Hall–Kier alpha value is -0.540. The number of aryl methyl sites for hydroxylation is 2. The van der Waals surface area contributed by atoms with Crippen molar-refractivity contribution in [1.29, 1.82) is 0 Å². The van der Waals surface area contributed by atoms with Gasteiger partial charge in [-0.2, -0.15) is 0 Å². The Morgan fingerprint density at radius 2 is 1.90 bits per heavy atom. The van der Waals surface area contributed by atoms with Crippen LogP contribution in [-0.2, 0) is 0 Å². The number of benzene rings is 1. The van der Waals surface area contributed by atoms with E-state index in [-0.39, 0.29) is 6.04 Å². The molecule has 4 heteroatoms. The van der Waals surface area contributed by atoms with E-state index >= 15 is 0 Å². The van der Waals surface area contributed by atoms with Crippen molar-refractivity contribution in [3.8, 4) is 0 Å². The van der Waals surface area contributed by atoms with Crippen LogP contribution in [0, 0.1) is 13.8 Å². The number of nitrogens with one attached hydrogen (secondary N) is 1. The van der Waals surface area contributed by atoms with Crippen molar-refractivity contribution in [2.24, 2.45) is 0 Å². The zero-order chi connectivity index (χ0) is 14.7. The molecule has 1 atom stereocenters. The summed E-state index contributed by atoms with van der Waals surface area (Å²) < 4.78 is 1.50. The molecule has 108 valence electrons. The third-order valence-corrected chi connectivity index (χ3v) is 4.86. The van der Waals surface area contributed by atoms with Gasteiger partial charge in [-0.3, -0.25) is 0 Å². The molecule has 0 amide bonds. The summed E-state index contributed by atoms with van der Waals surface area (Å²) in [5.74, 6) is 0. The van der Waals surface area contributed by atoms with E-state index in [2.05, 4.69) is 44.3 Å². The molecule has 0 aliphatic rings. The van der Waals surface area contributed by atoms with E-state index in [0.29, 0.717) is 0 Å². The lowest BCUT2D eigenvalue weighted by molar-refractivity contribution is 0.597. The van der Waals surface area contributed by atoms with Crippen molar-refractivity contribution >= 4 is 34.5 Å². The topological polar surface area (TPSA) is 12.0 Å². The highest BCUT2D eigenvalue weighted by atomic mass is 35.5. The first-order chi connectivity index (χ1) is 9.52. The monoisotopic (exact) mass is 327 g/mol. The van der Waals surface area contributed by atoms with Crippen molar-refractivity contribution < 1.29 is 0 Å². The van der Waals surface area contributed by atoms with Crippen molar-refractivity contribution in [2.45, 2.75) is 33.2 Å². The first-order valence-electron chi connectivity index (χ1n) is 6.78. The molecule has 0 bridgehead atoms. The number of thiophene rings is 1. The molecule has 1 nitrogen and oxygen atoms in total. The summed E-state index contributed by atoms with van der Waals surface area (Å²) in [4.78, 5) is 0. The fourth-order valence-electron chi connectivity index (χ4n) is 2.30. The number of halogens is 2. The molecule has 0 saturated heterocycles. The van der Waals surface area contributed by atoms with Gasteiger partial charge in [0.05, 0.1) is 14.7 Å². The molecule has 1 heterocycles. The summed E-state index contributed by atoms with van der Waals surface area (Å²) in [5.41, 5.74) is 4.87. The highest BCUT2D eigenvalue weighted by molar-refractivity contribution is 7.20. The molecule has 1 aromatic heterocycles. The maximum Gasteiger partial charge on any atom is 0.0995 e. The van der Waals surface area contributed by atoms with E-state index in [1.165, 1.54) is 28.0 Å². The van der Waals surface area contributed by atoms with E-state index in [0.717, 1.165) is 27.2 Å². The van der Waals surface area contributed by atoms with Gasteiger partial charge in [0, 0.05) is 5.56 Å². The SMILES string of the molecule is CCCNC(c1cc(C)ccc1C)c1cc(Cl)sc1Cl. The van der Waals surface area contributed by atoms with Crippen LogP contribution in [-0.4, -0.2) is 6.54 Å². The molecular weight excluding hydrogens is 309 g/mol. The molecule has 1 N–H and O–H groups in total. The molecule has 1 aromatic carbocycles. The second-order valence-corrected chi connectivity index (χ2v) is 7.31. The Morgan fingerprint density at radius 3 is 2.50 bits per heavy atom. The van der Waals surface area contributed by atoms with Crippen molar-refractivity contribution in [2.75, 3.05) is 6.54 Å². The van der Waals surface area contributed by atoms with E-state index < -0.39 is 0 Å². The van der Waals surface area contributed by atoms with Gasteiger partial charge in [-0.15, -0.1) is 11.3 Å². The third kappa shape index (κ3) is 3.56. The quantitative estimate of drug-likeness (QED) is 0.736. The lowest BCUT2D eigenvalue weighted by Gasteiger charge is -2.21. The van der Waals surface area contributed by atoms with E-state index in [1.807, 2.05) is 6.07 Å². The van der Waals surface area contributed by atoms with Gasteiger partial charge in [0.25, 0.3) is 0 Å². The van der Waals surface area contributed by atoms with Crippen LogP contribution in [0.15, 0.2) is 24.3 Å². The van der Waals surface area contributed by atoms with Crippen molar-refractivity contribution in [3.63, 3.8) is 0 Å². The van der Waals surface area contributed by atoms with Crippen LogP contribution in [0.5, 0.6) is 0 Å². The zero-order valence-corrected chi connectivity index (χ0v) is 14.3. The fraction of sp³-hybridized carbons (Fsp3) is 0.375. The van der Waals surface area contributed by atoms with Crippen molar-refractivity contribution in [1.82, 2.24) is 5.32 Å². The zero-order valence-electron chi connectivity index (χ0n) is 12.0. The predicted octanol–water partition coefficient (Wildman–Crippen LogP) is 5.76. The molecule has 1 unspecified atom stereocenters. The van der Waals surface area contributed by atoms with Gasteiger partial charge in [-0.1, -0.05) is 53.9 Å². The summed E-state index contributed by atoms with van der Waals surface area (Å²) in [5, 5.41) is 3.59. The lowest BCUT2D eigenvalue weighted by Crippen LogP contribution is -2.23. The van der Waals surface area contributed by atoms with Gasteiger partial charge in [-0.05, 0) is 44.0 Å². The molecule has 0 aliphatic heterocycles. The predicted molar refractivity (Wildman–Crippen MR) is 90.4 cm³/mol. The summed E-state index contributed by atoms with van der Waals surface area (Å²) in [6.45, 7) is 7.36. The molecule has 0 aliphatic carbocycles. The average Bonchev–Trinajstić information content (AvgIpc) is 2.73. The van der Waals surface area contributed by atoms with Crippen LogP contribution in [0.2, 0.25) is 8.67 Å². The Bertz CT molecular complexity index is 592. The molecule has 0 spiro atoms. The highest BCUT2D eigenvalue weighted by Gasteiger charge is 2.20. The summed E-state index contributed by atoms with van der Waals surface area (Å²) in [7, 11) is 0.